The van der Waals surface area contributed by atoms with E-state index in [2.05, 4.69) is 25.3 Å². The number of aromatic nitrogens is 2. The number of carbonyl (C=O) groups excluding carboxylic acids is 2. The molecule has 0 saturated carbocycles. The molecule has 0 atom stereocenters. The van der Waals surface area contributed by atoms with E-state index >= 15 is 0 Å². The standard InChI is InChI=1S/C28H27N7O4S/c1-17-5-14-24-23(15-17)27(37)35(4)25-16-29-28(32-26(25)34(24)3)31-20-10-12-22(13-11-20)40(38,39)33-21-8-6-19(7-9-21)30-18(2)36/h5-16,33H,1-4H3,(H,30,36)(H,29,31,32). The van der Waals surface area contributed by atoms with Gasteiger partial charge in [0.2, 0.25) is 11.9 Å². The molecule has 0 saturated heterocycles. The summed E-state index contributed by atoms with van der Waals surface area (Å²) >= 11 is 0. The van der Waals surface area contributed by atoms with Crippen molar-refractivity contribution < 1.29 is 18.0 Å². The molecule has 3 aromatic carbocycles. The lowest BCUT2D eigenvalue weighted by Crippen LogP contribution is -2.25. The Morgan fingerprint density at radius 1 is 0.850 bits per heavy atom. The molecule has 0 fully saturated rings. The van der Waals surface area contributed by atoms with Gasteiger partial charge in [0, 0.05) is 38.1 Å². The molecule has 2 amide bonds. The number of nitrogens with zero attached hydrogens (tertiary/aromatic N) is 4. The summed E-state index contributed by atoms with van der Waals surface area (Å²) in [5.74, 6) is 0.467. The molecule has 0 spiro atoms. The first-order valence-electron chi connectivity index (χ1n) is 12.3. The number of rotatable bonds is 6. The minimum atomic E-state index is -3.85. The van der Waals surface area contributed by atoms with Crippen LogP contribution in [0.15, 0.2) is 77.8 Å². The van der Waals surface area contributed by atoms with Gasteiger partial charge < -0.3 is 20.4 Å². The highest BCUT2D eigenvalue weighted by atomic mass is 32.2. The van der Waals surface area contributed by atoms with Gasteiger partial charge in [0.25, 0.3) is 15.9 Å². The fourth-order valence-electron chi connectivity index (χ4n) is 4.31. The second kappa shape index (κ2) is 10.3. The molecule has 204 valence electrons. The van der Waals surface area contributed by atoms with Crippen molar-refractivity contribution in [1.29, 1.82) is 0 Å². The molecule has 4 aromatic rings. The van der Waals surface area contributed by atoms with Gasteiger partial charge in [-0.05, 0) is 67.6 Å². The van der Waals surface area contributed by atoms with Gasteiger partial charge in [0.15, 0.2) is 5.82 Å². The van der Waals surface area contributed by atoms with Crippen molar-refractivity contribution in [2.75, 3.05) is 39.3 Å². The number of hydrogen-bond acceptors (Lipinski definition) is 8. The Morgan fingerprint density at radius 3 is 2.17 bits per heavy atom. The highest BCUT2D eigenvalue weighted by molar-refractivity contribution is 7.92. The lowest BCUT2D eigenvalue weighted by atomic mass is 10.1. The summed E-state index contributed by atoms with van der Waals surface area (Å²) in [6.07, 6.45) is 1.58. The van der Waals surface area contributed by atoms with Gasteiger partial charge in [0.05, 0.1) is 22.3 Å². The summed E-state index contributed by atoms with van der Waals surface area (Å²) in [4.78, 5) is 36.8. The molecule has 3 N–H and O–H groups in total. The molecular formula is C28H27N7O4S. The molecule has 0 bridgehead atoms. The minimum absolute atomic E-state index is 0.0682. The fraction of sp³-hybridized carbons (Fsp3) is 0.143. The highest BCUT2D eigenvalue weighted by Crippen LogP contribution is 2.38. The topological polar surface area (TPSA) is 137 Å². The normalized spacial score (nSPS) is 12.8. The molecule has 40 heavy (non-hydrogen) atoms. The van der Waals surface area contributed by atoms with Crippen molar-refractivity contribution in [3.05, 3.63) is 84.1 Å². The second-order valence-electron chi connectivity index (χ2n) is 9.36. The summed E-state index contributed by atoms with van der Waals surface area (Å²) in [6.45, 7) is 3.33. The zero-order valence-corrected chi connectivity index (χ0v) is 23.1. The van der Waals surface area contributed by atoms with Crippen LogP contribution in [0.5, 0.6) is 0 Å². The molecule has 11 nitrogen and oxygen atoms in total. The third-order valence-corrected chi connectivity index (χ3v) is 7.75. The van der Waals surface area contributed by atoms with Gasteiger partial charge in [-0.2, -0.15) is 4.98 Å². The van der Waals surface area contributed by atoms with Crippen LogP contribution in [0, 0.1) is 6.92 Å². The summed E-state index contributed by atoms with van der Waals surface area (Å²) < 4.78 is 28.3. The van der Waals surface area contributed by atoms with Crippen molar-refractivity contribution in [1.82, 2.24) is 9.97 Å². The van der Waals surface area contributed by atoms with Crippen LogP contribution in [0.2, 0.25) is 0 Å². The van der Waals surface area contributed by atoms with Crippen LogP contribution < -0.4 is 25.2 Å². The molecule has 2 heterocycles. The summed E-state index contributed by atoms with van der Waals surface area (Å²) in [5.41, 5.74) is 4.35. The van der Waals surface area contributed by atoms with E-state index in [-0.39, 0.29) is 22.7 Å². The number of amides is 2. The predicted octanol–water partition coefficient (Wildman–Crippen LogP) is 4.65. The number of carbonyl (C=O) groups is 2. The van der Waals surface area contributed by atoms with Crippen LogP contribution in [0.25, 0.3) is 0 Å². The summed E-state index contributed by atoms with van der Waals surface area (Å²) in [6, 6.07) is 18.2. The minimum Gasteiger partial charge on any atom is -0.327 e. The van der Waals surface area contributed by atoms with Gasteiger partial charge in [-0.15, -0.1) is 0 Å². The van der Waals surface area contributed by atoms with Crippen LogP contribution in [-0.4, -0.2) is 44.3 Å². The Hall–Kier alpha value is -4.97. The maximum atomic E-state index is 13.1. The smallest absolute Gasteiger partial charge is 0.261 e. The van der Waals surface area contributed by atoms with Crippen LogP contribution >= 0.6 is 0 Å². The van der Waals surface area contributed by atoms with Crippen molar-refractivity contribution in [2.24, 2.45) is 0 Å². The maximum Gasteiger partial charge on any atom is 0.261 e. The summed E-state index contributed by atoms with van der Waals surface area (Å²) in [7, 11) is -0.314. The Bertz CT molecular complexity index is 1720. The van der Waals surface area contributed by atoms with E-state index in [1.54, 1.807) is 49.6 Å². The van der Waals surface area contributed by atoms with Crippen molar-refractivity contribution in [3.8, 4) is 0 Å². The average Bonchev–Trinajstić information content (AvgIpc) is 2.99. The first-order valence-corrected chi connectivity index (χ1v) is 13.8. The largest absolute Gasteiger partial charge is 0.327 e. The number of benzene rings is 3. The fourth-order valence-corrected chi connectivity index (χ4v) is 5.37. The van der Waals surface area contributed by atoms with E-state index in [9.17, 15) is 18.0 Å². The molecular weight excluding hydrogens is 530 g/mol. The number of hydrogen-bond donors (Lipinski definition) is 3. The zero-order chi connectivity index (χ0) is 28.6. The molecule has 0 unspecified atom stereocenters. The lowest BCUT2D eigenvalue weighted by molar-refractivity contribution is -0.114. The van der Waals surface area contributed by atoms with Gasteiger partial charge in [0.1, 0.15) is 5.69 Å². The van der Waals surface area contributed by atoms with Gasteiger partial charge in [-0.25, -0.2) is 13.4 Å². The molecule has 0 radical (unpaired) electrons. The van der Waals surface area contributed by atoms with Crippen molar-refractivity contribution in [3.63, 3.8) is 0 Å². The number of sulfonamides is 1. The van der Waals surface area contributed by atoms with E-state index in [1.807, 2.05) is 37.1 Å². The number of aryl methyl sites for hydroxylation is 1. The van der Waals surface area contributed by atoms with E-state index in [4.69, 9.17) is 0 Å². The first kappa shape index (κ1) is 26.6. The molecule has 5 rings (SSSR count). The van der Waals surface area contributed by atoms with Gasteiger partial charge >= 0.3 is 0 Å². The number of fused-ring (bicyclic) bond motifs is 2. The second-order valence-corrected chi connectivity index (χ2v) is 11.0. The van der Waals surface area contributed by atoms with Gasteiger partial charge in [-0.3, -0.25) is 14.3 Å². The van der Waals surface area contributed by atoms with E-state index in [1.165, 1.54) is 24.0 Å². The maximum absolute atomic E-state index is 13.1. The summed E-state index contributed by atoms with van der Waals surface area (Å²) in [5, 5.41) is 5.73. The van der Waals surface area contributed by atoms with E-state index < -0.39 is 10.0 Å². The molecule has 1 aromatic heterocycles. The van der Waals surface area contributed by atoms with Crippen LogP contribution in [0.3, 0.4) is 0 Å². The quantitative estimate of drug-likeness (QED) is 0.312. The first-order chi connectivity index (χ1) is 19.0. The lowest BCUT2D eigenvalue weighted by Gasteiger charge is -2.21. The van der Waals surface area contributed by atoms with Crippen molar-refractivity contribution in [2.45, 2.75) is 18.7 Å². The van der Waals surface area contributed by atoms with E-state index in [0.717, 1.165) is 11.3 Å². The van der Waals surface area contributed by atoms with Crippen molar-refractivity contribution >= 4 is 62.0 Å². The van der Waals surface area contributed by atoms with Gasteiger partial charge in [-0.1, -0.05) is 11.6 Å². The molecule has 1 aliphatic rings. The Balaban J connectivity index is 1.34. The monoisotopic (exact) mass is 557 g/mol. The third kappa shape index (κ3) is 5.29. The SMILES string of the molecule is CC(=O)Nc1ccc(NS(=O)(=O)c2ccc(Nc3ncc4c(n3)N(C)c3ccc(C)cc3C(=O)N4C)cc2)cc1. The Kier molecular flexibility index (Phi) is 6.86. The number of anilines is 7. The Morgan fingerprint density at radius 2 is 1.50 bits per heavy atom. The average molecular weight is 558 g/mol. The van der Waals surface area contributed by atoms with Crippen LogP contribution in [0.4, 0.5) is 40.2 Å². The highest BCUT2D eigenvalue weighted by Gasteiger charge is 2.29. The molecule has 0 aliphatic carbocycles. The third-order valence-electron chi connectivity index (χ3n) is 6.36. The molecule has 1 aliphatic heterocycles. The Labute approximate surface area is 231 Å². The van der Waals surface area contributed by atoms with E-state index in [0.29, 0.717) is 34.1 Å². The molecule has 12 heteroatoms. The number of nitrogens with one attached hydrogen (secondary N) is 3. The predicted molar refractivity (Wildman–Crippen MR) is 155 cm³/mol. The van der Waals surface area contributed by atoms with Crippen LogP contribution in [-0.2, 0) is 14.8 Å². The van der Waals surface area contributed by atoms with Crippen LogP contribution in [0.1, 0.15) is 22.8 Å². The zero-order valence-electron chi connectivity index (χ0n) is 22.3.